The molecule has 5 N–H and O–H groups in total. The van der Waals surface area contributed by atoms with Gasteiger partial charge in [-0.15, -0.1) is 22.5 Å². The Kier molecular flexibility index (Phi) is 23.3. The molecule has 4 saturated heterocycles. The zero-order valence-corrected chi connectivity index (χ0v) is 41.7. The van der Waals surface area contributed by atoms with Crippen LogP contribution in [0, 0.1) is 11.5 Å². The third kappa shape index (κ3) is 19.1. The van der Waals surface area contributed by atoms with Crippen LogP contribution < -0.4 is 16.0 Å². The van der Waals surface area contributed by atoms with Crippen LogP contribution in [-0.4, -0.2) is 147 Å². The number of nitrogens with one attached hydrogen (secondary N) is 2. The quantitative estimate of drug-likeness (QED) is 0.0988. The molecule has 1 aromatic heterocycles. The number of aromatic nitrogens is 3. The Bertz CT molecular complexity index is 1990. The molecule has 0 amide bonds. The topological polar surface area (TPSA) is 198 Å². The summed E-state index contributed by atoms with van der Waals surface area (Å²) in [5, 5.41) is 28.2. The number of hydrogen-bond donors (Lipinski definition) is 4. The molecule has 5 heterocycles. The number of carboxylic acids is 1. The van der Waals surface area contributed by atoms with Crippen LogP contribution in [-0.2, 0) is 31.9 Å². The molecule has 15 nitrogen and oxygen atoms in total. The van der Waals surface area contributed by atoms with Crippen molar-refractivity contribution >= 4 is 76.2 Å². The van der Waals surface area contributed by atoms with Crippen molar-refractivity contribution in [3.05, 3.63) is 69.7 Å². The summed E-state index contributed by atoms with van der Waals surface area (Å²) in [5.41, 5.74) is 5.42. The first-order chi connectivity index (χ1) is 30.7. The highest BCUT2D eigenvalue weighted by molar-refractivity contribution is 8.13. The molecule has 66 heavy (non-hydrogen) atoms. The van der Waals surface area contributed by atoms with Crippen LogP contribution in [0.15, 0.2) is 53.5 Å². The summed E-state index contributed by atoms with van der Waals surface area (Å²) in [4.78, 5) is 34.5. The van der Waals surface area contributed by atoms with Gasteiger partial charge in [0.15, 0.2) is 5.17 Å². The molecule has 0 bridgehead atoms. The molecule has 4 aliphatic heterocycles. The average Bonchev–Trinajstić information content (AvgIpc) is 3.71. The Morgan fingerprint density at radius 3 is 1.94 bits per heavy atom. The molecule has 0 radical (unpaired) electrons. The number of nitriles is 1. The van der Waals surface area contributed by atoms with E-state index in [9.17, 15) is 13.6 Å². The number of nitrogens with two attached hydrogens (primary N) is 1. The number of aliphatic carboxylic acids is 1. The van der Waals surface area contributed by atoms with Crippen LogP contribution in [0.1, 0.15) is 71.4 Å². The number of benzene rings is 2. The molecule has 4 fully saturated rings. The predicted octanol–water partition coefficient (Wildman–Crippen LogP) is 7.42. The fraction of sp³-hybridized carbons (Fsp3) is 0.600. The number of rotatable bonds is 8. The van der Waals surface area contributed by atoms with Crippen LogP contribution in [0.25, 0.3) is 0 Å². The maximum Gasteiger partial charge on any atom is 0.300 e. The van der Waals surface area contributed by atoms with E-state index in [0.717, 1.165) is 60.9 Å². The zero-order chi connectivity index (χ0) is 47.7. The van der Waals surface area contributed by atoms with E-state index in [0.29, 0.717) is 76.0 Å². The Morgan fingerprint density at radius 1 is 0.955 bits per heavy atom. The molecule has 4 aliphatic rings. The predicted molar refractivity (Wildman–Crippen MR) is 261 cm³/mol. The summed E-state index contributed by atoms with van der Waals surface area (Å²) in [6.45, 7) is 12.7. The second-order valence-electron chi connectivity index (χ2n) is 17.4. The number of anilines is 2. The normalized spacial score (nSPS) is 22.0. The number of ether oxygens (including phenoxy) is 2. The van der Waals surface area contributed by atoms with Crippen molar-refractivity contribution in [2.45, 2.75) is 115 Å². The van der Waals surface area contributed by atoms with Gasteiger partial charge in [0, 0.05) is 87.2 Å². The van der Waals surface area contributed by atoms with Crippen molar-refractivity contribution in [3.63, 3.8) is 0 Å². The minimum absolute atomic E-state index is 0. The first kappa shape index (κ1) is 56.5. The molecule has 21 heteroatoms. The number of carboxylic acid groups (broad SMARTS) is 1. The van der Waals surface area contributed by atoms with E-state index < -0.39 is 23.4 Å². The summed E-state index contributed by atoms with van der Waals surface area (Å²) >= 11 is 13.3. The van der Waals surface area contributed by atoms with Gasteiger partial charge in [-0.1, -0.05) is 59.2 Å². The number of carbonyl (C=O) groups is 2. The summed E-state index contributed by atoms with van der Waals surface area (Å²) in [6.07, 6.45) is 7.66. The molecule has 7 rings (SSSR count). The van der Waals surface area contributed by atoms with Crippen LogP contribution in [0.5, 0.6) is 0 Å². The minimum Gasteiger partial charge on any atom is -0.481 e. The Morgan fingerprint density at radius 2 is 1.48 bits per heavy atom. The van der Waals surface area contributed by atoms with Gasteiger partial charge in [0.05, 0.1) is 13.2 Å². The van der Waals surface area contributed by atoms with Gasteiger partial charge < -0.3 is 35.4 Å². The number of aromatic amines is 1. The van der Waals surface area contributed by atoms with Gasteiger partial charge in [-0.2, -0.15) is 10.2 Å². The number of H-pyrrole nitrogens is 1. The van der Waals surface area contributed by atoms with Crippen molar-refractivity contribution in [2.24, 2.45) is 4.99 Å². The average molecular weight is 1000 g/mol. The molecule has 366 valence electrons. The number of amidine groups is 1. The monoisotopic (exact) mass is 1000 g/mol. The molecular formula is C45H65Cl3F2N10O5S. The molecule has 2 aromatic carbocycles. The van der Waals surface area contributed by atoms with Crippen LogP contribution in [0.2, 0.25) is 10.0 Å². The zero-order valence-electron chi connectivity index (χ0n) is 38.5. The fourth-order valence-corrected chi connectivity index (χ4v) is 8.61. The number of hydrogen-bond acceptors (Lipinski definition) is 13. The number of nitrogen functional groups attached to an aromatic ring is 1. The van der Waals surface area contributed by atoms with Gasteiger partial charge in [-0.05, 0) is 95.0 Å². The summed E-state index contributed by atoms with van der Waals surface area (Å²) < 4.78 is 39.9. The lowest BCUT2D eigenvalue weighted by molar-refractivity contribution is -0.134. The number of carbonyl (C=O) groups excluding carboxylic acids is 1. The number of alkyl halides is 2. The molecule has 0 aliphatic carbocycles. The summed E-state index contributed by atoms with van der Waals surface area (Å²) in [6, 6.07) is 16.5. The highest BCUT2D eigenvalue weighted by Crippen LogP contribution is 2.31. The van der Waals surface area contributed by atoms with Gasteiger partial charge >= 0.3 is 0 Å². The number of likely N-dealkylation sites (tertiary alicyclic amines) is 1. The number of ketones is 1. The van der Waals surface area contributed by atoms with Gasteiger partial charge in [0.1, 0.15) is 29.3 Å². The first-order valence-electron chi connectivity index (χ1n) is 21.7. The lowest BCUT2D eigenvalue weighted by atomic mass is 9.93. The number of nitrogens with zero attached hydrogens (tertiary/aromatic N) is 7. The van der Waals surface area contributed by atoms with E-state index in [-0.39, 0.29) is 30.6 Å². The number of morpholine rings is 2. The Labute approximate surface area is 407 Å². The van der Waals surface area contributed by atoms with Crippen LogP contribution in [0.3, 0.4) is 0 Å². The Hall–Kier alpha value is -3.80. The van der Waals surface area contributed by atoms with E-state index >= 15 is 0 Å². The van der Waals surface area contributed by atoms with Gasteiger partial charge in [-0.3, -0.25) is 14.5 Å². The van der Waals surface area contributed by atoms with Crippen molar-refractivity contribution in [1.29, 1.82) is 5.26 Å². The second-order valence-corrected chi connectivity index (χ2v) is 19.0. The highest BCUT2D eigenvalue weighted by Gasteiger charge is 2.41. The van der Waals surface area contributed by atoms with Crippen molar-refractivity contribution in [2.75, 3.05) is 69.4 Å². The molecule has 0 saturated carbocycles. The maximum atomic E-state index is 14.7. The van der Waals surface area contributed by atoms with E-state index in [1.165, 1.54) is 22.9 Å². The van der Waals surface area contributed by atoms with Crippen molar-refractivity contribution < 1.29 is 33.0 Å². The largest absolute Gasteiger partial charge is 0.481 e. The van der Waals surface area contributed by atoms with Crippen LogP contribution in [0.4, 0.5) is 20.7 Å². The maximum absolute atomic E-state index is 14.7. The summed E-state index contributed by atoms with van der Waals surface area (Å²) in [7, 11) is 0. The highest BCUT2D eigenvalue weighted by atomic mass is 35.5. The standard InChI is InChI=1S/C21H30ClFN6O.C14H19ClFNO.C8H11N3OS.C2H4O2.ClH/c1-21(2,23)18-12-29(17(13-30-18)11-14-3-5-15(22)6-4-14)16-7-9-28(10-8-16)20-25-19(24)26-27-20;1-14(2,16)13-8-17-12(9-18-13)7-10-3-5-11(15)6-4-10;1-13-8(10-6-9)11-4-2-7(12)3-5-11;1-2(3)4;/h3-6,16-18H,7-13H2,1-2H3,(H3,24,25,26,27);3-6,12-13,17H,7-9H2,1-2H3;2-5H2,1H3;1H3,(H,3,4);1H/t17-,18+;12-,13+;;;/m00.../s1. The fourth-order valence-electron chi connectivity index (χ4n) is 7.79. The SMILES string of the molecule is CC(=O)O.CC(C)(F)[C@H]1CN(C2CCN(c3n[nH]c(N)n3)CC2)[C@@H](Cc2ccc(Cl)cc2)CO1.CC(C)(F)[C@H]1CN[C@@H](Cc2ccc(Cl)cc2)CO1.CSC(=NC#N)N1CCC(=O)CC1.Cl. The number of halogens is 5. The van der Waals surface area contributed by atoms with Crippen molar-refractivity contribution in [3.8, 4) is 6.19 Å². The lowest BCUT2D eigenvalue weighted by Gasteiger charge is -2.48. The molecule has 4 atom stereocenters. The van der Waals surface area contributed by atoms with E-state index in [1.807, 2.05) is 47.6 Å². The molecular weight excluding hydrogens is 937 g/mol. The lowest BCUT2D eigenvalue weighted by Crippen LogP contribution is -2.60. The molecule has 0 spiro atoms. The van der Waals surface area contributed by atoms with Crippen molar-refractivity contribution in [1.82, 2.24) is 30.3 Å². The van der Waals surface area contributed by atoms with Gasteiger partial charge in [0.2, 0.25) is 18.1 Å². The first-order valence-corrected chi connectivity index (χ1v) is 23.7. The Balaban J connectivity index is 0.000000273. The molecule has 0 unspecified atom stereocenters. The number of aliphatic imine (C=N–C) groups is 1. The minimum atomic E-state index is -1.37. The third-order valence-corrected chi connectivity index (χ3v) is 12.6. The molecule has 3 aromatic rings. The second kappa shape index (κ2) is 27.3. The van der Waals surface area contributed by atoms with E-state index in [4.69, 9.17) is 53.6 Å². The van der Waals surface area contributed by atoms with E-state index in [2.05, 4.69) is 47.4 Å². The summed E-state index contributed by atoms with van der Waals surface area (Å²) in [5.74, 6) is 0.443. The number of piperidine rings is 2. The third-order valence-electron chi connectivity index (χ3n) is 11.4. The van der Waals surface area contributed by atoms with E-state index in [1.54, 1.807) is 33.9 Å². The van der Waals surface area contributed by atoms with Gasteiger partial charge in [-0.25, -0.2) is 13.9 Å². The number of thioether (sulfide) groups is 1. The van der Waals surface area contributed by atoms with Crippen LogP contribution >= 0.6 is 47.4 Å². The number of Topliss-reactive ketones (excluding diaryl/α,β-unsaturated/α-hetero) is 1. The van der Waals surface area contributed by atoms with Gasteiger partial charge in [0.25, 0.3) is 5.97 Å². The smallest absolute Gasteiger partial charge is 0.300 e.